The van der Waals surface area contributed by atoms with Gasteiger partial charge >= 0.3 is 5.97 Å². The molecule has 0 saturated heterocycles. The van der Waals surface area contributed by atoms with E-state index in [0.29, 0.717) is 0 Å². The first-order valence-corrected chi connectivity index (χ1v) is 3.13. The van der Waals surface area contributed by atoms with Gasteiger partial charge in [0.25, 0.3) is 0 Å². The number of rotatable bonds is 2. The Morgan fingerprint density at radius 2 is 2.00 bits per heavy atom. The van der Waals surface area contributed by atoms with Gasteiger partial charge < -0.3 is 5.11 Å². The maximum atomic E-state index is 10.5. The van der Waals surface area contributed by atoms with Crippen molar-refractivity contribution in [2.24, 2.45) is 5.41 Å². The number of carboxylic acids is 1. The van der Waals surface area contributed by atoms with Crippen molar-refractivity contribution in [2.75, 3.05) is 0 Å². The van der Waals surface area contributed by atoms with Gasteiger partial charge in [0.1, 0.15) is 0 Å². The molecule has 1 radical (unpaired) electrons. The average Bonchev–Trinajstić information content (AvgIpc) is 2.42. The van der Waals surface area contributed by atoms with E-state index in [-0.39, 0.29) is 0 Å². The molecule has 0 atom stereocenters. The molecule has 0 heterocycles. The van der Waals surface area contributed by atoms with Crippen LogP contribution < -0.4 is 0 Å². The van der Waals surface area contributed by atoms with Crippen LogP contribution in [0, 0.1) is 11.3 Å². The molecule has 2 heteroatoms. The van der Waals surface area contributed by atoms with E-state index in [4.69, 9.17) is 5.11 Å². The van der Waals surface area contributed by atoms with E-state index >= 15 is 0 Å². The molecule has 0 amide bonds. The molecule has 0 aliphatic heterocycles. The minimum Gasteiger partial charge on any atom is -0.481 e. The Morgan fingerprint density at radius 1 is 1.56 bits per heavy atom. The second-order valence-corrected chi connectivity index (χ2v) is 3.03. The molecule has 1 rings (SSSR count). The van der Waals surface area contributed by atoms with E-state index in [2.05, 4.69) is 0 Å². The van der Waals surface area contributed by atoms with Crippen LogP contribution in [-0.4, -0.2) is 11.1 Å². The maximum absolute atomic E-state index is 10.5. The summed E-state index contributed by atoms with van der Waals surface area (Å²) in [7, 11) is 0. The van der Waals surface area contributed by atoms with Crippen LogP contribution in [0.4, 0.5) is 0 Å². The van der Waals surface area contributed by atoms with E-state index < -0.39 is 11.4 Å². The molecule has 0 aromatic heterocycles. The summed E-state index contributed by atoms with van der Waals surface area (Å²) in [6.45, 7) is 3.52. The number of hydrogen-bond donors (Lipinski definition) is 1. The van der Waals surface area contributed by atoms with E-state index in [9.17, 15) is 4.79 Å². The Balaban J connectivity index is 2.59. The van der Waals surface area contributed by atoms with Gasteiger partial charge in [0.05, 0.1) is 5.41 Å². The maximum Gasteiger partial charge on any atom is 0.309 e. The third kappa shape index (κ3) is 1.07. The van der Waals surface area contributed by atoms with Crippen molar-refractivity contribution in [1.82, 2.24) is 0 Å². The van der Waals surface area contributed by atoms with Crippen LogP contribution in [0.1, 0.15) is 26.7 Å². The van der Waals surface area contributed by atoms with Gasteiger partial charge in [-0.25, -0.2) is 0 Å². The Bertz CT molecular complexity index is 134. The summed E-state index contributed by atoms with van der Waals surface area (Å²) < 4.78 is 0. The Morgan fingerprint density at radius 3 is 2.11 bits per heavy atom. The highest BCUT2D eigenvalue weighted by molar-refractivity contribution is 5.77. The van der Waals surface area contributed by atoms with Gasteiger partial charge in [0.2, 0.25) is 0 Å². The molecule has 0 unspecified atom stereocenters. The summed E-state index contributed by atoms with van der Waals surface area (Å²) in [5.41, 5.74) is -0.556. The molecule has 0 spiro atoms. The summed E-state index contributed by atoms with van der Waals surface area (Å²) in [4.78, 5) is 10.5. The highest BCUT2D eigenvalue weighted by atomic mass is 16.4. The standard InChI is InChI=1S/C7H11O2/c1-7(2,6(8)9)5-3-4-5/h3-4H2,1-2H3,(H,8,9). The Hall–Kier alpha value is -0.530. The van der Waals surface area contributed by atoms with Crippen LogP contribution >= 0.6 is 0 Å². The Labute approximate surface area is 54.9 Å². The first-order chi connectivity index (χ1) is 4.05. The lowest BCUT2D eigenvalue weighted by Gasteiger charge is -2.16. The second-order valence-electron chi connectivity index (χ2n) is 3.03. The van der Waals surface area contributed by atoms with Gasteiger partial charge in [0, 0.05) is 0 Å². The van der Waals surface area contributed by atoms with Gasteiger partial charge in [-0.1, -0.05) is 0 Å². The summed E-state index contributed by atoms with van der Waals surface area (Å²) in [5.74, 6) is 0.477. The van der Waals surface area contributed by atoms with Crippen molar-refractivity contribution < 1.29 is 9.90 Å². The molecule has 1 aliphatic carbocycles. The van der Waals surface area contributed by atoms with Crippen molar-refractivity contribution in [3.05, 3.63) is 5.92 Å². The van der Waals surface area contributed by atoms with Gasteiger partial charge in [-0.3, -0.25) is 4.79 Å². The molecule has 1 fully saturated rings. The molecular weight excluding hydrogens is 116 g/mol. The quantitative estimate of drug-likeness (QED) is 0.609. The predicted octanol–water partition coefficient (Wildman–Crippen LogP) is 1.47. The van der Waals surface area contributed by atoms with Crippen LogP contribution in [-0.2, 0) is 4.79 Å². The molecular formula is C7H11O2. The monoisotopic (exact) mass is 127 g/mol. The lowest BCUT2D eigenvalue weighted by molar-refractivity contribution is -0.145. The molecule has 0 aromatic carbocycles. The largest absolute Gasteiger partial charge is 0.481 e. The zero-order valence-corrected chi connectivity index (χ0v) is 5.77. The average molecular weight is 127 g/mol. The third-order valence-corrected chi connectivity index (χ3v) is 1.92. The zero-order chi connectivity index (χ0) is 7.07. The second kappa shape index (κ2) is 1.72. The first-order valence-electron chi connectivity index (χ1n) is 3.13. The molecule has 51 valence electrons. The van der Waals surface area contributed by atoms with Crippen molar-refractivity contribution in [1.29, 1.82) is 0 Å². The minimum atomic E-state index is -0.699. The zero-order valence-electron chi connectivity index (χ0n) is 5.77. The lowest BCUT2D eigenvalue weighted by atomic mass is 9.88. The number of hydrogen-bond acceptors (Lipinski definition) is 1. The highest BCUT2D eigenvalue weighted by Gasteiger charge is 2.43. The minimum absolute atomic E-state index is 0.556. The molecule has 1 aliphatic rings. The van der Waals surface area contributed by atoms with Gasteiger partial charge in [-0.15, -0.1) is 0 Å². The molecule has 1 saturated carbocycles. The predicted molar refractivity (Wildman–Crippen MR) is 33.9 cm³/mol. The lowest BCUT2D eigenvalue weighted by Crippen LogP contribution is -2.24. The molecule has 1 N–H and O–H groups in total. The Kier molecular flexibility index (Phi) is 1.26. The van der Waals surface area contributed by atoms with Crippen LogP contribution in [0.25, 0.3) is 0 Å². The summed E-state index contributed by atoms with van der Waals surface area (Å²) in [6.07, 6.45) is 2.03. The van der Waals surface area contributed by atoms with Crippen LogP contribution in [0.3, 0.4) is 0 Å². The van der Waals surface area contributed by atoms with Crippen molar-refractivity contribution in [3.8, 4) is 0 Å². The number of carboxylic acid groups (broad SMARTS) is 1. The molecule has 9 heavy (non-hydrogen) atoms. The SMILES string of the molecule is CC(C)([C]1CC1)C(=O)O. The van der Waals surface area contributed by atoms with Crippen LogP contribution in [0.15, 0.2) is 0 Å². The van der Waals surface area contributed by atoms with Crippen molar-refractivity contribution in [3.63, 3.8) is 0 Å². The highest BCUT2D eigenvalue weighted by Crippen LogP contribution is 2.47. The summed E-state index contributed by atoms with van der Waals surface area (Å²) >= 11 is 0. The van der Waals surface area contributed by atoms with Crippen molar-refractivity contribution >= 4 is 5.97 Å². The number of aliphatic carboxylic acids is 1. The van der Waals surface area contributed by atoms with E-state index in [1.54, 1.807) is 13.8 Å². The fraction of sp³-hybridized carbons (Fsp3) is 0.714. The normalized spacial score (nSPS) is 19.8. The van der Waals surface area contributed by atoms with E-state index in [1.807, 2.05) is 0 Å². The topological polar surface area (TPSA) is 37.3 Å². The number of carbonyl (C=O) groups is 1. The fourth-order valence-electron chi connectivity index (χ4n) is 0.839. The van der Waals surface area contributed by atoms with Gasteiger partial charge in [0.15, 0.2) is 0 Å². The molecule has 0 aromatic rings. The smallest absolute Gasteiger partial charge is 0.309 e. The van der Waals surface area contributed by atoms with Crippen LogP contribution in [0.2, 0.25) is 0 Å². The molecule has 2 nitrogen and oxygen atoms in total. The van der Waals surface area contributed by atoms with Gasteiger partial charge in [-0.2, -0.15) is 0 Å². The fourth-order valence-corrected chi connectivity index (χ4v) is 0.839. The van der Waals surface area contributed by atoms with Crippen molar-refractivity contribution in [2.45, 2.75) is 26.7 Å². The first kappa shape index (κ1) is 6.59. The summed E-state index contributed by atoms with van der Waals surface area (Å²) in [6, 6.07) is 0. The third-order valence-electron chi connectivity index (χ3n) is 1.92. The van der Waals surface area contributed by atoms with Gasteiger partial charge in [-0.05, 0) is 32.6 Å². The molecule has 0 bridgehead atoms. The van der Waals surface area contributed by atoms with E-state index in [1.165, 1.54) is 5.92 Å². The summed E-state index contributed by atoms with van der Waals surface area (Å²) in [5, 5.41) is 8.63. The van der Waals surface area contributed by atoms with E-state index in [0.717, 1.165) is 12.8 Å². The van der Waals surface area contributed by atoms with Crippen LogP contribution in [0.5, 0.6) is 0 Å².